The molecule has 0 saturated heterocycles. The Morgan fingerprint density at radius 3 is 2.68 bits per heavy atom. The van der Waals surface area contributed by atoms with E-state index in [1.54, 1.807) is 0 Å². The highest BCUT2D eigenvalue weighted by Gasteiger charge is 2.23. The van der Waals surface area contributed by atoms with Crippen molar-refractivity contribution in [1.29, 1.82) is 0 Å². The molecule has 1 aromatic heterocycles. The Hall–Kier alpha value is -0.890. The largest absolute Gasteiger partial charge is 0.314 e. The first-order valence-corrected chi connectivity index (χ1v) is 7.88. The van der Waals surface area contributed by atoms with Gasteiger partial charge in [0.2, 0.25) is 0 Å². The summed E-state index contributed by atoms with van der Waals surface area (Å²) in [5.74, 6) is 1.67. The Balaban J connectivity index is 1.96. The monoisotopic (exact) mass is 260 g/mol. The molecule has 1 N–H and O–H groups in total. The molecule has 2 heteroatoms. The average molecular weight is 260 g/mol. The molecule has 2 atom stereocenters. The average Bonchev–Trinajstić information content (AvgIpc) is 2.63. The van der Waals surface area contributed by atoms with Gasteiger partial charge in [-0.2, -0.15) is 0 Å². The maximum absolute atomic E-state index is 4.26. The molecule has 0 radical (unpaired) electrons. The van der Waals surface area contributed by atoms with Gasteiger partial charge in [-0.3, -0.25) is 4.98 Å². The molecule has 1 fully saturated rings. The summed E-state index contributed by atoms with van der Waals surface area (Å²) in [7, 11) is 0. The molecule has 0 amide bonds. The second-order valence-corrected chi connectivity index (χ2v) is 6.29. The zero-order valence-electron chi connectivity index (χ0n) is 12.4. The van der Waals surface area contributed by atoms with E-state index in [1.807, 2.05) is 12.4 Å². The first-order chi connectivity index (χ1) is 9.25. The Labute approximate surface area is 118 Å². The van der Waals surface area contributed by atoms with Gasteiger partial charge < -0.3 is 5.32 Å². The number of nitrogens with one attached hydrogen (secondary N) is 1. The minimum Gasteiger partial charge on any atom is -0.314 e. The second kappa shape index (κ2) is 7.64. The van der Waals surface area contributed by atoms with Crippen molar-refractivity contribution in [3.05, 3.63) is 30.1 Å². The van der Waals surface area contributed by atoms with E-state index < -0.39 is 0 Å². The van der Waals surface area contributed by atoms with E-state index in [9.17, 15) is 0 Å². The second-order valence-electron chi connectivity index (χ2n) is 6.29. The minimum atomic E-state index is 0.599. The molecule has 0 spiro atoms. The molecule has 1 saturated carbocycles. The zero-order chi connectivity index (χ0) is 13.5. The number of aromatic nitrogens is 1. The van der Waals surface area contributed by atoms with Crippen LogP contribution in [0.3, 0.4) is 0 Å². The molecule has 2 unspecified atom stereocenters. The molecule has 19 heavy (non-hydrogen) atoms. The maximum Gasteiger partial charge on any atom is 0.0299 e. The normalized spacial score (nSPS) is 24.4. The lowest BCUT2D eigenvalue weighted by Gasteiger charge is -2.26. The predicted octanol–water partition coefficient (Wildman–Crippen LogP) is 3.82. The molecular weight excluding hydrogens is 232 g/mol. The van der Waals surface area contributed by atoms with Gasteiger partial charge in [0.15, 0.2) is 0 Å². The summed E-state index contributed by atoms with van der Waals surface area (Å²) >= 11 is 0. The molecule has 1 aliphatic carbocycles. The fraction of sp³-hybridized carbons (Fsp3) is 0.706. The predicted molar refractivity (Wildman–Crippen MR) is 81.1 cm³/mol. The summed E-state index contributed by atoms with van der Waals surface area (Å²) < 4.78 is 0. The third-order valence-corrected chi connectivity index (χ3v) is 4.33. The molecule has 1 aliphatic rings. The molecular formula is C17H28N2. The van der Waals surface area contributed by atoms with Crippen molar-refractivity contribution in [1.82, 2.24) is 10.3 Å². The summed E-state index contributed by atoms with van der Waals surface area (Å²) in [6.45, 7) is 5.67. The molecule has 1 heterocycles. The quantitative estimate of drug-likeness (QED) is 0.814. The van der Waals surface area contributed by atoms with Crippen LogP contribution < -0.4 is 5.32 Å². The standard InChI is InChI=1S/C17H28N2/c1-14(2)19-13-17-9-5-3-4-8-16(17)11-15-7-6-10-18-12-15/h6-7,10,12,14,16-17,19H,3-5,8-9,11,13H2,1-2H3. The van der Waals surface area contributed by atoms with E-state index in [1.165, 1.54) is 50.6 Å². The Bertz CT molecular complexity index is 348. The maximum atomic E-state index is 4.26. The van der Waals surface area contributed by atoms with Crippen LogP contribution in [0, 0.1) is 11.8 Å². The Morgan fingerprint density at radius 2 is 2.00 bits per heavy atom. The lowest BCUT2D eigenvalue weighted by atomic mass is 9.83. The highest BCUT2D eigenvalue weighted by Crippen LogP contribution is 2.31. The van der Waals surface area contributed by atoms with Crippen molar-refractivity contribution in [2.75, 3.05) is 6.54 Å². The number of pyridine rings is 1. The topological polar surface area (TPSA) is 24.9 Å². The zero-order valence-corrected chi connectivity index (χ0v) is 12.4. The van der Waals surface area contributed by atoms with Crippen molar-refractivity contribution < 1.29 is 0 Å². The Kier molecular flexibility index (Phi) is 5.84. The van der Waals surface area contributed by atoms with E-state index in [4.69, 9.17) is 0 Å². The summed E-state index contributed by atoms with van der Waals surface area (Å²) in [6.07, 6.45) is 12.1. The van der Waals surface area contributed by atoms with Crippen LogP contribution in [0.25, 0.3) is 0 Å². The SMILES string of the molecule is CC(C)NCC1CCCCCC1Cc1cccnc1. The van der Waals surface area contributed by atoms with Crippen LogP contribution in [0.15, 0.2) is 24.5 Å². The lowest BCUT2D eigenvalue weighted by molar-refractivity contribution is 0.291. The fourth-order valence-corrected chi connectivity index (χ4v) is 3.21. The van der Waals surface area contributed by atoms with Gasteiger partial charge in [-0.25, -0.2) is 0 Å². The highest BCUT2D eigenvalue weighted by atomic mass is 14.9. The van der Waals surface area contributed by atoms with Gasteiger partial charge in [0.1, 0.15) is 0 Å². The number of nitrogens with zero attached hydrogens (tertiary/aromatic N) is 1. The number of hydrogen-bond acceptors (Lipinski definition) is 2. The van der Waals surface area contributed by atoms with Crippen molar-refractivity contribution in [3.8, 4) is 0 Å². The van der Waals surface area contributed by atoms with E-state index in [0.717, 1.165) is 11.8 Å². The van der Waals surface area contributed by atoms with Crippen LogP contribution >= 0.6 is 0 Å². The molecule has 106 valence electrons. The summed E-state index contributed by atoms with van der Waals surface area (Å²) in [6, 6.07) is 4.89. The van der Waals surface area contributed by atoms with Crippen LogP contribution in [0.2, 0.25) is 0 Å². The van der Waals surface area contributed by atoms with Crippen LogP contribution in [0.4, 0.5) is 0 Å². The van der Waals surface area contributed by atoms with Crippen molar-refractivity contribution in [3.63, 3.8) is 0 Å². The van der Waals surface area contributed by atoms with Gasteiger partial charge in [0.05, 0.1) is 0 Å². The van der Waals surface area contributed by atoms with Crippen LogP contribution in [0.5, 0.6) is 0 Å². The van der Waals surface area contributed by atoms with Gasteiger partial charge in [-0.1, -0.05) is 39.2 Å². The van der Waals surface area contributed by atoms with E-state index >= 15 is 0 Å². The van der Waals surface area contributed by atoms with E-state index in [-0.39, 0.29) is 0 Å². The van der Waals surface area contributed by atoms with Gasteiger partial charge in [0.25, 0.3) is 0 Å². The van der Waals surface area contributed by atoms with E-state index in [0.29, 0.717) is 6.04 Å². The highest BCUT2D eigenvalue weighted by molar-refractivity contribution is 5.09. The fourth-order valence-electron chi connectivity index (χ4n) is 3.21. The van der Waals surface area contributed by atoms with Crippen LogP contribution in [0.1, 0.15) is 51.5 Å². The summed E-state index contributed by atoms with van der Waals surface area (Å²) in [5, 5.41) is 3.64. The molecule has 2 nitrogen and oxygen atoms in total. The number of hydrogen-bond donors (Lipinski definition) is 1. The Morgan fingerprint density at radius 1 is 1.21 bits per heavy atom. The van der Waals surface area contributed by atoms with Crippen molar-refractivity contribution in [2.45, 2.75) is 58.4 Å². The smallest absolute Gasteiger partial charge is 0.0299 e. The van der Waals surface area contributed by atoms with Crippen molar-refractivity contribution in [2.24, 2.45) is 11.8 Å². The molecule has 1 aromatic rings. The third kappa shape index (κ3) is 4.94. The van der Waals surface area contributed by atoms with Gasteiger partial charge in [-0.05, 0) is 49.3 Å². The summed E-state index contributed by atoms with van der Waals surface area (Å²) in [4.78, 5) is 4.26. The van der Waals surface area contributed by atoms with Crippen LogP contribution in [-0.4, -0.2) is 17.6 Å². The third-order valence-electron chi connectivity index (χ3n) is 4.33. The van der Waals surface area contributed by atoms with Gasteiger partial charge >= 0.3 is 0 Å². The van der Waals surface area contributed by atoms with Crippen molar-refractivity contribution >= 4 is 0 Å². The first-order valence-electron chi connectivity index (χ1n) is 7.88. The summed E-state index contributed by atoms with van der Waals surface area (Å²) in [5.41, 5.74) is 1.41. The lowest BCUT2D eigenvalue weighted by Crippen LogP contribution is -2.33. The molecule has 0 aromatic carbocycles. The van der Waals surface area contributed by atoms with Gasteiger partial charge in [0, 0.05) is 18.4 Å². The number of rotatable bonds is 5. The molecule has 2 rings (SSSR count). The van der Waals surface area contributed by atoms with Crippen LogP contribution in [-0.2, 0) is 6.42 Å². The minimum absolute atomic E-state index is 0.599. The van der Waals surface area contributed by atoms with Gasteiger partial charge in [-0.15, -0.1) is 0 Å². The van der Waals surface area contributed by atoms with E-state index in [2.05, 4.69) is 36.3 Å². The molecule has 0 bridgehead atoms. The molecule has 0 aliphatic heterocycles. The first kappa shape index (κ1) is 14.5.